The lowest BCUT2D eigenvalue weighted by Gasteiger charge is -2.16. The van der Waals surface area contributed by atoms with Gasteiger partial charge in [0.25, 0.3) is 0 Å². The molecular weight excluding hydrogens is 400 g/mol. The highest BCUT2D eigenvalue weighted by Gasteiger charge is 2.22. The van der Waals surface area contributed by atoms with Crippen molar-refractivity contribution in [3.05, 3.63) is 68.3 Å². The van der Waals surface area contributed by atoms with E-state index < -0.39 is 0 Å². The summed E-state index contributed by atoms with van der Waals surface area (Å²) in [6, 6.07) is 9.94. The summed E-state index contributed by atoms with van der Waals surface area (Å²) in [7, 11) is 0. The van der Waals surface area contributed by atoms with Crippen LogP contribution in [0.4, 0.5) is 4.79 Å². The second-order valence-corrected chi connectivity index (χ2v) is 8.59. The number of rotatable bonds is 6. The molecule has 2 N–H and O–H groups in total. The van der Waals surface area contributed by atoms with Crippen LogP contribution in [-0.4, -0.2) is 37.9 Å². The molecule has 1 aliphatic rings. The molecule has 2 amide bonds. The van der Waals surface area contributed by atoms with Gasteiger partial charge < -0.3 is 10.6 Å². The Morgan fingerprint density at radius 3 is 2.87 bits per heavy atom. The molecule has 8 nitrogen and oxygen atoms in total. The highest BCUT2D eigenvalue weighted by molar-refractivity contribution is 7.09. The van der Waals surface area contributed by atoms with E-state index >= 15 is 0 Å². The zero-order valence-electron chi connectivity index (χ0n) is 17.0. The molecule has 1 unspecified atom stereocenters. The van der Waals surface area contributed by atoms with Crippen LogP contribution in [0.1, 0.15) is 34.9 Å². The zero-order valence-corrected chi connectivity index (χ0v) is 17.8. The van der Waals surface area contributed by atoms with Gasteiger partial charge in [0.15, 0.2) is 0 Å². The average molecular weight is 427 g/mol. The Morgan fingerprint density at radius 1 is 1.27 bits per heavy atom. The molecule has 0 saturated heterocycles. The van der Waals surface area contributed by atoms with Gasteiger partial charge in [-0.05, 0) is 31.7 Å². The number of aromatic nitrogens is 4. The molecular formula is C21H26N6O2S. The van der Waals surface area contributed by atoms with Crippen LogP contribution >= 0.6 is 11.3 Å². The van der Waals surface area contributed by atoms with Gasteiger partial charge in [-0.2, -0.15) is 5.10 Å². The monoisotopic (exact) mass is 426 g/mol. The van der Waals surface area contributed by atoms with Crippen LogP contribution in [0.5, 0.6) is 0 Å². The third-order valence-corrected chi connectivity index (χ3v) is 6.09. The van der Waals surface area contributed by atoms with Crippen molar-refractivity contribution in [2.24, 2.45) is 0 Å². The SMILES string of the molecule is Cc1nc(Cn2nc3n(c2=O)CCC(NC(=O)NCCc2ccccc2)CC3)cs1. The number of nitrogens with one attached hydrogen (secondary N) is 2. The van der Waals surface area contributed by atoms with Gasteiger partial charge in [-0.1, -0.05) is 30.3 Å². The van der Waals surface area contributed by atoms with Crippen LogP contribution in [0.2, 0.25) is 0 Å². The van der Waals surface area contributed by atoms with Crippen molar-refractivity contribution in [2.45, 2.75) is 51.7 Å². The van der Waals surface area contributed by atoms with E-state index in [-0.39, 0.29) is 17.8 Å². The molecule has 0 saturated carbocycles. The molecule has 3 aromatic rings. The smallest absolute Gasteiger partial charge is 0.338 e. The minimum absolute atomic E-state index is 0.0254. The van der Waals surface area contributed by atoms with E-state index in [0.717, 1.165) is 29.4 Å². The first-order chi connectivity index (χ1) is 14.6. The quantitative estimate of drug-likeness (QED) is 0.631. The van der Waals surface area contributed by atoms with Gasteiger partial charge in [-0.25, -0.2) is 19.3 Å². The summed E-state index contributed by atoms with van der Waals surface area (Å²) in [6.07, 6.45) is 2.93. The first-order valence-corrected chi connectivity index (χ1v) is 11.1. The number of benzene rings is 1. The third kappa shape index (κ3) is 4.96. The van der Waals surface area contributed by atoms with Crippen LogP contribution in [0, 0.1) is 6.92 Å². The Hall–Kier alpha value is -2.94. The number of fused-ring (bicyclic) bond motifs is 1. The predicted molar refractivity (Wildman–Crippen MR) is 116 cm³/mol. The number of amides is 2. The number of nitrogens with zero attached hydrogens (tertiary/aromatic N) is 4. The van der Waals surface area contributed by atoms with Gasteiger partial charge in [0.05, 0.1) is 17.2 Å². The maximum Gasteiger partial charge on any atom is 0.346 e. The van der Waals surface area contributed by atoms with Crippen LogP contribution in [0.25, 0.3) is 0 Å². The van der Waals surface area contributed by atoms with Gasteiger partial charge in [0.1, 0.15) is 5.82 Å². The molecule has 0 aliphatic carbocycles. The molecule has 9 heteroatoms. The second-order valence-electron chi connectivity index (χ2n) is 7.53. The average Bonchev–Trinajstić information content (AvgIpc) is 3.20. The van der Waals surface area contributed by atoms with E-state index in [1.54, 1.807) is 15.9 Å². The van der Waals surface area contributed by atoms with E-state index in [0.29, 0.717) is 32.5 Å². The number of carbonyl (C=O) groups is 1. The molecule has 0 radical (unpaired) electrons. The summed E-state index contributed by atoms with van der Waals surface area (Å²) in [4.78, 5) is 29.4. The third-order valence-electron chi connectivity index (χ3n) is 5.27. The van der Waals surface area contributed by atoms with E-state index in [4.69, 9.17) is 0 Å². The van der Waals surface area contributed by atoms with Crippen molar-refractivity contribution in [1.29, 1.82) is 0 Å². The molecule has 3 heterocycles. The molecule has 0 bridgehead atoms. The molecule has 2 aromatic heterocycles. The van der Waals surface area contributed by atoms with Crippen LogP contribution in [-0.2, 0) is 25.9 Å². The van der Waals surface area contributed by atoms with Gasteiger partial charge in [0, 0.05) is 30.9 Å². The van der Waals surface area contributed by atoms with Crippen molar-refractivity contribution in [1.82, 2.24) is 30.0 Å². The summed E-state index contributed by atoms with van der Waals surface area (Å²) in [5, 5.41) is 13.4. The zero-order chi connectivity index (χ0) is 20.9. The van der Waals surface area contributed by atoms with Crippen molar-refractivity contribution >= 4 is 17.4 Å². The van der Waals surface area contributed by atoms with E-state index in [1.807, 2.05) is 30.5 Å². The number of thiazole rings is 1. The van der Waals surface area contributed by atoms with Crippen molar-refractivity contribution in [3.8, 4) is 0 Å². The molecule has 30 heavy (non-hydrogen) atoms. The number of hydrogen-bond donors (Lipinski definition) is 2. The fourth-order valence-corrected chi connectivity index (χ4v) is 4.31. The number of hydrogen-bond acceptors (Lipinski definition) is 5. The Morgan fingerprint density at radius 2 is 2.10 bits per heavy atom. The Bertz CT molecular complexity index is 1060. The van der Waals surface area contributed by atoms with E-state index in [9.17, 15) is 9.59 Å². The van der Waals surface area contributed by atoms with E-state index in [1.165, 1.54) is 10.2 Å². The normalized spacial score (nSPS) is 16.0. The van der Waals surface area contributed by atoms with Gasteiger partial charge in [0.2, 0.25) is 0 Å². The summed E-state index contributed by atoms with van der Waals surface area (Å²) in [5.74, 6) is 0.778. The van der Waals surface area contributed by atoms with Crippen LogP contribution < -0.4 is 16.3 Å². The Balaban J connectivity index is 1.28. The molecule has 0 spiro atoms. The second kappa shape index (κ2) is 9.25. The van der Waals surface area contributed by atoms with Crippen molar-refractivity contribution in [2.75, 3.05) is 6.54 Å². The maximum atomic E-state index is 12.7. The van der Waals surface area contributed by atoms with Gasteiger partial charge in [-0.15, -0.1) is 11.3 Å². The first-order valence-electron chi connectivity index (χ1n) is 10.2. The molecule has 0 fully saturated rings. The Kier molecular flexibility index (Phi) is 6.27. The summed E-state index contributed by atoms with van der Waals surface area (Å²) >= 11 is 1.57. The molecule has 158 valence electrons. The topological polar surface area (TPSA) is 93.8 Å². The molecule has 1 atom stereocenters. The van der Waals surface area contributed by atoms with Crippen molar-refractivity contribution in [3.63, 3.8) is 0 Å². The molecule has 1 aromatic carbocycles. The number of aryl methyl sites for hydroxylation is 2. The summed E-state index contributed by atoms with van der Waals surface area (Å²) in [5.41, 5.74) is 1.95. The number of urea groups is 1. The highest BCUT2D eigenvalue weighted by atomic mass is 32.1. The van der Waals surface area contributed by atoms with Gasteiger partial charge >= 0.3 is 11.7 Å². The molecule has 1 aliphatic heterocycles. The maximum absolute atomic E-state index is 12.7. The van der Waals surface area contributed by atoms with Crippen LogP contribution in [0.3, 0.4) is 0 Å². The summed E-state index contributed by atoms with van der Waals surface area (Å²) in [6.45, 7) is 3.49. The minimum Gasteiger partial charge on any atom is -0.338 e. The minimum atomic E-state index is -0.160. The fraction of sp³-hybridized carbons (Fsp3) is 0.429. The first kappa shape index (κ1) is 20.3. The predicted octanol–water partition coefficient (Wildman–Crippen LogP) is 2.10. The Labute approximate surface area is 179 Å². The standard InChI is InChI=1S/C21H26N6O2S/c1-15-23-18(14-30-15)13-27-21(29)26-12-10-17(7-8-19(26)25-27)24-20(28)22-11-9-16-5-3-2-4-6-16/h2-6,14,17H,7-13H2,1H3,(H2,22,24,28). The molecule has 4 rings (SSSR count). The number of carbonyl (C=O) groups excluding carboxylic acids is 1. The van der Waals surface area contributed by atoms with Crippen LogP contribution in [0.15, 0.2) is 40.5 Å². The van der Waals surface area contributed by atoms with Gasteiger partial charge in [-0.3, -0.25) is 4.57 Å². The lowest BCUT2D eigenvalue weighted by Crippen LogP contribution is -2.43. The largest absolute Gasteiger partial charge is 0.346 e. The fourth-order valence-electron chi connectivity index (χ4n) is 3.71. The highest BCUT2D eigenvalue weighted by Crippen LogP contribution is 2.13. The lowest BCUT2D eigenvalue weighted by molar-refractivity contribution is 0.235. The lowest BCUT2D eigenvalue weighted by atomic mass is 10.1. The van der Waals surface area contributed by atoms with Crippen molar-refractivity contribution < 1.29 is 4.79 Å². The van der Waals surface area contributed by atoms with E-state index in [2.05, 4.69) is 32.8 Å². The summed E-state index contributed by atoms with van der Waals surface area (Å²) < 4.78 is 3.22.